The van der Waals surface area contributed by atoms with Gasteiger partial charge in [0.05, 0.1) is 16.5 Å². The second-order valence-electron chi connectivity index (χ2n) is 5.10. The number of nitriles is 1. The predicted octanol–water partition coefficient (Wildman–Crippen LogP) is 2.07. The van der Waals surface area contributed by atoms with Gasteiger partial charge in [-0.25, -0.2) is 13.6 Å². The van der Waals surface area contributed by atoms with Crippen molar-refractivity contribution in [1.82, 2.24) is 0 Å². The van der Waals surface area contributed by atoms with Gasteiger partial charge in [-0.2, -0.15) is 5.26 Å². The van der Waals surface area contributed by atoms with Crippen molar-refractivity contribution in [2.24, 2.45) is 5.14 Å². The van der Waals surface area contributed by atoms with Crippen molar-refractivity contribution < 1.29 is 13.2 Å². The van der Waals surface area contributed by atoms with E-state index in [0.717, 1.165) is 5.56 Å². The Labute approximate surface area is 134 Å². The van der Waals surface area contributed by atoms with Gasteiger partial charge >= 0.3 is 0 Å². The van der Waals surface area contributed by atoms with E-state index >= 15 is 0 Å². The molecule has 0 radical (unpaired) electrons. The molecule has 0 spiro atoms. The maximum Gasteiger partial charge on any atom is 0.255 e. The van der Waals surface area contributed by atoms with Crippen LogP contribution in [0.4, 0.5) is 5.69 Å². The first-order chi connectivity index (χ1) is 10.7. The first-order valence-corrected chi connectivity index (χ1v) is 8.22. The zero-order chi connectivity index (χ0) is 17.2. The van der Waals surface area contributed by atoms with Crippen LogP contribution in [0.1, 0.15) is 27.0 Å². The fraction of sp³-hybridized carbons (Fsp3) is 0.125. The highest BCUT2D eigenvalue weighted by Crippen LogP contribution is 2.24. The van der Waals surface area contributed by atoms with E-state index in [4.69, 9.17) is 10.4 Å². The lowest BCUT2D eigenvalue weighted by Gasteiger charge is -2.13. The van der Waals surface area contributed by atoms with Crippen LogP contribution in [0.25, 0.3) is 0 Å². The molecule has 0 aliphatic heterocycles. The number of hydrogen-bond donors (Lipinski definition) is 2. The summed E-state index contributed by atoms with van der Waals surface area (Å²) in [5, 5.41) is 16.7. The molecule has 0 saturated carbocycles. The Morgan fingerprint density at radius 1 is 1.22 bits per heavy atom. The van der Waals surface area contributed by atoms with E-state index in [1.54, 1.807) is 32.0 Å². The lowest BCUT2D eigenvalue weighted by molar-refractivity contribution is 0.102. The molecule has 0 aromatic heterocycles. The highest BCUT2D eigenvalue weighted by Gasteiger charge is 2.15. The van der Waals surface area contributed by atoms with E-state index in [1.165, 1.54) is 18.2 Å². The number of nitrogens with one attached hydrogen (secondary N) is 1. The Morgan fingerprint density at radius 3 is 2.52 bits per heavy atom. The quantitative estimate of drug-likeness (QED) is 0.897. The van der Waals surface area contributed by atoms with Gasteiger partial charge in [-0.05, 0) is 55.3 Å². The van der Waals surface area contributed by atoms with Gasteiger partial charge in [0.25, 0.3) is 5.91 Å². The monoisotopic (exact) mass is 329 g/mol. The Balaban J connectivity index is 2.41. The molecule has 6 nitrogen and oxygen atoms in total. The second-order valence-corrected chi connectivity index (χ2v) is 6.67. The van der Waals surface area contributed by atoms with Crippen LogP contribution in [-0.2, 0) is 10.0 Å². The van der Waals surface area contributed by atoms with E-state index < -0.39 is 15.9 Å². The molecule has 23 heavy (non-hydrogen) atoms. The molecule has 7 heteroatoms. The SMILES string of the molecule is Cc1cc(S(N)(=O)=O)cc(NC(=O)c2cccc(C#N)c2)c1C. The number of nitrogens with two attached hydrogens (primary N) is 1. The van der Waals surface area contributed by atoms with Crippen molar-refractivity contribution in [1.29, 1.82) is 5.26 Å². The van der Waals surface area contributed by atoms with Crippen LogP contribution in [0.2, 0.25) is 0 Å². The van der Waals surface area contributed by atoms with Gasteiger partial charge in [-0.15, -0.1) is 0 Å². The Morgan fingerprint density at radius 2 is 1.91 bits per heavy atom. The fourth-order valence-corrected chi connectivity index (χ4v) is 2.67. The summed E-state index contributed by atoms with van der Waals surface area (Å²) >= 11 is 0. The van der Waals surface area contributed by atoms with E-state index in [9.17, 15) is 13.2 Å². The summed E-state index contributed by atoms with van der Waals surface area (Å²) in [5.41, 5.74) is 2.46. The van der Waals surface area contributed by atoms with E-state index in [2.05, 4.69) is 5.32 Å². The van der Waals surface area contributed by atoms with Crippen molar-refractivity contribution in [3.05, 3.63) is 58.7 Å². The Kier molecular flexibility index (Phi) is 4.50. The van der Waals surface area contributed by atoms with Crippen LogP contribution in [0.15, 0.2) is 41.3 Å². The molecule has 0 saturated heterocycles. The number of sulfonamides is 1. The second kappa shape index (κ2) is 6.20. The molecular formula is C16H15N3O3S. The summed E-state index contributed by atoms with van der Waals surface area (Å²) in [6.45, 7) is 3.50. The minimum Gasteiger partial charge on any atom is -0.322 e. The molecule has 0 bridgehead atoms. The normalized spacial score (nSPS) is 10.9. The summed E-state index contributed by atoms with van der Waals surface area (Å²) in [7, 11) is -3.87. The summed E-state index contributed by atoms with van der Waals surface area (Å²) in [6, 6.07) is 11.0. The lowest BCUT2D eigenvalue weighted by Crippen LogP contribution is -2.16. The number of nitrogens with zero attached hydrogens (tertiary/aromatic N) is 1. The average molecular weight is 329 g/mol. The molecule has 0 unspecified atom stereocenters. The standard InChI is InChI=1S/C16H15N3O3S/c1-10-6-14(23(18,21)22)8-15(11(10)2)19-16(20)13-5-3-4-12(7-13)9-17/h3-8H,1-2H3,(H,19,20)(H2,18,21,22). The lowest BCUT2D eigenvalue weighted by atomic mass is 10.1. The molecule has 0 atom stereocenters. The first-order valence-electron chi connectivity index (χ1n) is 6.68. The number of rotatable bonds is 3. The highest BCUT2D eigenvalue weighted by molar-refractivity contribution is 7.89. The van der Waals surface area contributed by atoms with Gasteiger partial charge in [0, 0.05) is 11.3 Å². The van der Waals surface area contributed by atoms with Gasteiger partial charge in [-0.3, -0.25) is 4.79 Å². The molecule has 118 valence electrons. The Bertz CT molecular complexity index is 928. The molecule has 2 aromatic carbocycles. The van der Waals surface area contributed by atoms with E-state index in [0.29, 0.717) is 22.4 Å². The number of carbonyl (C=O) groups is 1. The Hall–Kier alpha value is -2.69. The maximum atomic E-state index is 12.3. The number of primary sulfonamides is 1. The maximum absolute atomic E-state index is 12.3. The number of anilines is 1. The zero-order valence-corrected chi connectivity index (χ0v) is 13.4. The van der Waals surface area contributed by atoms with Gasteiger partial charge < -0.3 is 5.32 Å². The molecule has 3 N–H and O–H groups in total. The molecule has 0 aliphatic carbocycles. The largest absolute Gasteiger partial charge is 0.322 e. The van der Waals surface area contributed by atoms with Gasteiger partial charge in [-0.1, -0.05) is 6.07 Å². The van der Waals surface area contributed by atoms with Gasteiger partial charge in [0.1, 0.15) is 0 Å². The van der Waals surface area contributed by atoms with Crippen LogP contribution in [0.3, 0.4) is 0 Å². The third-order valence-corrected chi connectivity index (χ3v) is 4.36. The molecule has 1 amide bonds. The van der Waals surface area contributed by atoms with Crippen LogP contribution in [0.5, 0.6) is 0 Å². The number of amides is 1. The minimum absolute atomic E-state index is 0.0679. The number of carbonyl (C=O) groups excluding carboxylic acids is 1. The van der Waals surface area contributed by atoms with Crippen molar-refractivity contribution in [3.63, 3.8) is 0 Å². The van der Waals surface area contributed by atoms with Crippen LogP contribution >= 0.6 is 0 Å². The third-order valence-electron chi connectivity index (χ3n) is 3.47. The van der Waals surface area contributed by atoms with Crippen molar-refractivity contribution >= 4 is 21.6 Å². The minimum atomic E-state index is -3.87. The average Bonchev–Trinajstić information content (AvgIpc) is 2.50. The van der Waals surface area contributed by atoms with Crippen molar-refractivity contribution in [2.75, 3.05) is 5.32 Å². The molecule has 0 heterocycles. The third kappa shape index (κ3) is 3.74. The topological polar surface area (TPSA) is 113 Å². The zero-order valence-electron chi connectivity index (χ0n) is 12.6. The smallest absolute Gasteiger partial charge is 0.255 e. The van der Waals surface area contributed by atoms with E-state index in [-0.39, 0.29) is 4.90 Å². The molecule has 2 rings (SSSR count). The van der Waals surface area contributed by atoms with Crippen LogP contribution in [0, 0.1) is 25.2 Å². The summed E-state index contributed by atoms with van der Waals surface area (Å²) in [6.07, 6.45) is 0. The predicted molar refractivity (Wildman–Crippen MR) is 86.4 cm³/mol. The van der Waals surface area contributed by atoms with Gasteiger partial charge in [0.2, 0.25) is 10.0 Å². The molecular weight excluding hydrogens is 314 g/mol. The molecule has 2 aromatic rings. The summed E-state index contributed by atoms with van der Waals surface area (Å²) in [5.74, 6) is -0.434. The number of aryl methyl sites for hydroxylation is 1. The highest BCUT2D eigenvalue weighted by atomic mass is 32.2. The van der Waals surface area contributed by atoms with E-state index in [1.807, 2.05) is 6.07 Å². The fourth-order valence-electron chi connectivity index (χ4n) is 2.04. The van der Waals surface area contributed by atoms with Crippen molar-refractivity contribution in [2.45, 2.75) is 18.7 Å². The van der Waals surface area contributed by atoms with Crippen molar-refractivity contribution in [3.8, 4) is 6.07 Å². The summed E-state index contributed by atoms with van der Waals surface area (Å²) in [4.78, 5) is 12.2. The molecule has 0 fully saturated rings. The summed E-state index contributed by atoms with van der Waals surface area (Å²) < 4.78 is 23.0. The van der Waals surface area contributed by atoms with Crippen LogP contribution < -0.4 is 10.5 Å². The first kappa shape index (κ1) is 16.7. The molecule has 0 aliphatic rings. The number of benzene rings is 2. The van der Waals surface area contributed by atoms with Crippen LogP contribution in [-0.4, -0.2) is 14.3 Å². The number of hydrogen-bond acceptors (Lipinski definition) is 4. The van der Waals surface area contributed by atoms with Gasteiger partial charge in [0.15, 0.2) is 0 Å².